The van der Waals surface area contributed by atoms with Crippen LogP contribution in [0.25, 0.3) is 0 Å². The second kappa shape index (κ2) is 10.5. The van der Waals surface area contributed by atoms with Gasteiger partial charge in [-0.3, -0.25) is 14.4 Å². The van der Waals surface area contributed by atoms with E-state index in [-0.39, 0.29) is 29.3 Å². The summed E-state index contributed by atoms with van der Waals surface area (Å²) in [4.78, 5) is 40.8. The first-order chi connectivity index (χ1) is 14.9. The molecule has 0 bridgehead atoms. The lowest BCUT2D eigenvalue weighted by molar-refractivity contribution is -0.125. The van der Waals surface area contributed by atoms with Crippen LogP contribution in [0.4, 0.5) is 4.39 Å². The number of halogens is 1. The van der Waals surface area contributed by atoms with Gasteiger partial charge in [0.05, 0.1) is 10.4 Å². The first-order valence-electron chi connectivity index (χ1n) is 10.6. The van der Waals surface area contributed by atoms with Gasteiger partial charge in [-0.25, -0.2) is 4.39 Å². The number of benzene rings is 1. The molecule has 1 aliphatic rings. The van der Waals surface area contributed by atoms with Crippen LogP contribution in [0.3, 0.4) is 0 Å². The molecule has 3 amide bonds. The normalized spacial score (nSPS) is 16.4. The van der Waals surface area contributed by atoms with Crippen molar-refractivity contribution in [3.05, 3.63) is 58.0 Å². The monoisotopic (exact) mass is 445 g/mol. The number of carbonyl (C=O) groups is 3. The maximum Gasteiger partial charge on any atom is 0.263 e. The molecule has 2 atom stereocenters. The lowest BCUT2D eigenvalue weighted by Gasteiger charge is -2.36. The molecule has 2 N–H and O–H groups in total. The highest BCUT2D eigenvalue weighted by atomic mass is 32.1. The Labute approximate surface area is 185 Å². The summed E-state index contributed by atoms with van der Waals surface area (Å²) in [7, 11) is 0. The van der Waals surface area contributed by atoms with Crippen molar-refractivity contribution in [1.82, 2.24) is 15.5 Å². The van der Waals surface area contributed by atoms with E-state index in [9.17, 15) is 18.8 Å². The second-order valence-electron chi connectivity index (χ2n) is 7.86. The lowest BCUT2D eigenvalue weighted by Crippen LogP contribution is -2.55. The average Bonchev–Trinajstić information content (AvgIpc) is 3.32. The number of hydrogen-bond acceptors (Lipinski definition) is 4. The van der Waals surface area contributed by atoms with E-state index in [0.29, 0.717) is 30.8 Å². The van der Waals surface area contributed by atoms with Crippen molar-refractivity contribution in [1.29, 1.82) is 0 Å². The molecule has 0 radical (unpaired) electrons. The second-order valence-corrected chi connectivity index (χ2v) is 8.80. The third-order valence-corrected chi connectivity index (χ3v) is 6.58. The van der Waals surface area contributed by atoms with Crippen molar-refractivity contribution in [3.8, 4) is 0 Å². The molecular weight excluding hydrogens is 417 g/mol. The molecule has 0 unspecified atom stereocenters. The van der Waals surface area contributed by atoms with Crippen LogP contribution >= 0.6 is 11.3 Å². The number of piperidine rings is 1. The van der Waals surface area contributed by atoms with E-state index in [0.717, 1.165) is 6.42 Å². The third kappa shape index (κ3) is 5.70. The van der Waals surface area contributed by atoms with Crippen LogP contribution in [0.1, 0.15) is 53.1 Å². The molecular formula is C23H28FN3O3S. The fraction of sp³-hybridized carbons (Fsp3) is 0.435. The zero-order valence-electron chi connectivity index (χ0n) is 17.8. The summed E-state index contributed by atoms with van der Waals surface area (Å²) in [6, 6.07) is 8.53. The molecule has 6 nitrogen and oxygen atoms in total. The Morgan fingerprint density at radius 1 is 1.13 bits per heavy atom. The number of carbonyl (C=O) groups excluding carboxylic acids is 3. The topological polar surface area (TPSA) is 78.5 Å². The zero-order valence-corrected chi connectivity index (χ0v) is 18.6. The van der Waals surface area contributed by atoms with Crippen molar-refractivity contribution in [3.63, 3.8) is 0 Å². The van der Waals surface area contributed by atoms with Crippen molar-refractivity contribution in [2.75, 3.05) is 13.1 Å². The summed E-state index contributed by atoms with van der Waals surface area (Å²) in [5.74, 6) is -1.67. The van der Waals surface area contributed by atoms with Crippen LogP contribution in [-0.4, -0.2) is 47.8 Å². The van der Waals surface area contributed by atoms with E-state index < -0.39 is 17.8 Å². The molecule has 0 spiro atoms. The highest BCUT2D eigenvalue weighted by molar-refractivity contribution is 7.12. The number of nitrogens with zero attached hydrogens (tertiary/aromatic N) is 1. The van der Waals surface area contributed by atoms with Gasteiger partial charge in [0, 0.05) is 19.1 Å². The number of nitrogens with one attached hydrogen (secondary N) is 2. The fourth-order valence-electron chi connectivity index (χ4n) is 3.69. The maximum atomic E-state index is 14.1. The van der Waals surface area contributed by atoms with Crippen molar-refractivity contribution in [2.24, 2.45) is 5.92 Å². The standard InChI is InChI=1S/C23H28FN3O3S/c1-3-15(2)25-22(29)20(26-21(28)17-7-4-5-8-18(17)24)16-10-12-27(13-11-16)23(30)19-9-6-14-31-19/h4-9,14-16,20H,3,10-13H2,1-2H3,(H,25,29)(H,26,28)/t15-,20+/m0/s1. The Morgan fingerprint density at radius 3 is 2.45 bits per heavy atom. The molecule has 1 aromatic heterocycles. The van der Waals surface area contributed by atoms with Crippen LogP contribution in [0.2, 0.25) is 0 Å². The number of thiophene rings is 1. The first kappa shape index (κ1) is 22.9. The van der Waals surface area contributed by atoms with Crippen LogP contribution in [0.15, 0.2) is 41.8 Å². The van der Waals surface area contributed by atoms with Crippen molar-refractivity contribution < 1.29 is 18.8 Å². The van der Waals surface area contributed by atoms with Crippen molar-refractivity contribution >= 4 is 29.1 Å². The minimum absolute atomic E-state index is 0.00977. The Bertz CT molecular complexity index is 911. The summed E-state index contributed by atoms with van der Waals surface area (Å²) < 4.78 is 14.1. The molecule has 3 rings (SSSR count). The predicted molar refractivity (Wildman–Crippen MR) is 118 cm³/mol. The maximum absolute atomic E-state index is 14.1. The number of rotatable bonds is 7. The third-order valence-electron chi connectivity index (χ3n) is 5.72. The van der Waals surface area contributed by atoms with E-state index in [1.54, 1.807) is 17.0 Å². The average molecular weight is 446 g/mol. The smallest absolute Gasteiger partial charge is 0.263 e. The van der Waals surface area contributed by atoms with Gasteiger partial charge in [0.15, 0.2) is 0 Å². The van der Waals surface area contributed by atoms with Gasteiger partial charge in [0.1, 0.15) is 11.9 Å². The van der Waals surface area contributed by atoms with Crippen molar-refractivity contribution in [2.45, 2.75) is 45.2 Å². The quantitative estimate of drug-likeness (QED) is 0.685. The largest absolute Gasteiger partial charge is 0.352 e. The Morgan fingerprint density at radius 2 is 1.84 bits per heavy atom. The Kier molecular flexibility index (Phi) is 7.79. The minimum atomic E-state index is -0.792. The predicted octanol–water partition coefficient (Wildman–Crippen LogP) is 3.45. The molecule has 166 valence electrons. The van der Waals surface area contributed by atoms with E-state index in [1.165, 1.54) is 29.5 Å². The van der Waals surface area contributed by atoms with E-state index >= 15 is 0 Å². The van der Waals surface area contributed by atoms with Crippen LogP contribution < -0.4 is 10.6 Å². The molecule has 8 heteroatoms. The van der Waals surface area contributed by atoms with E-state index in [2.05, 4.69) is 10.6 Å². The SMILES string of the molecule is CC[C@H](C)NC(=O)[C@H](NC(=O)c1ccccc1F)C1CCN(C(=O)c2cccs2)CC1. The molecule has 1 aromatic carbocycles. The highest BCUT2D eigenvalue weighted by Crippen LogP contribution is 2.24. The lowest BCUT2D eigenvalue weighted by atomic mass is 9.88. The van der Waals surface area contributed by atoms with Gasteiger partial charge in [-0.1, -0.05) is 25.1 Å². The molecule has 1 saturated heterocycles. The van der Waals surface area contributed by atoms with Crippen LogP contribution in [0.5, 0.6) is 0 Å². The van der Waals surface area contributed by atoms with Gasteiger partial charge >= 0.3 is 0 Å². The Hall–Kier alpha value is -2.74. The molecule has 1 aliphatic heterocycles. The fourth-order valence-corrected chi connectivity index (χ4v) is 4.38. The summed E-state index contributed by atoms with van der Waals surface area (Å²) in [6.07, 6.45) is 1.91. The number of amides is 3. The first-order valence-corrected chi connectivity index (χ1v) is 11.5. The molecule has 1 fully saturated rings. The summed E-state index contributed by atoms with van der Waals surface area (Å²) in [5, 5.41) is 7.55. The number of likely N-dealkylation sites (tertiary alicyclic amines) is 1. The summed E-state index contributed by atoms with van der Waals surface area (Å²) in [5.41, 5.74) is -0.0888. The van der Waals surface area contributed by atoms with Crippen LogP contribution in [0, 0.1) is 11.7 Å². The van der Waals surface area contributed by atoms with E-state index in [1.807, 2.05) is 25.3 Å². The van der Waals surface area contributed by atoms with Gasteiger partial charge in [0.2, 0.25) is 5.91 Å². The zero-order chi connectivity index (χ0) is 22.4. The molecule has 0 saturated carbocycles. The van der Waals surface area contributed by atoms with Crippen LogP contribution in [-0.2, 0) is 4.79 Å². The Balaban J connectivity index is 1.71. The minimum Gasteiger partial charge on any atom is -0.352 e. The molecule has 31 heavy (non-hydrogen) atoms. The van der Waals surface area contributed by atoms with E-state index in [4.69, 9.17) is 0 Å². The number of hydrogen-bond donors (Lipinski definition) is 2. The molecule has 2 heterocycles. The molecule has 0 aliphatic carbocycles. The van der Waals surface area contributed by atoms with Gasteiger partial charge < -0.3 is 15.5 Å². The molecule has 2 aromatic rings. The summed E-state index contributed by atoms with van der Waals surface area (Å²) in [6.45, 7) is 4.87. The van der Waals surface area contributed by atoms with Gasteiger partial charge in [-0.15, -0.1) is 11.3 Å². The highest BCUT2D eigenvalue weighted by Gasteiger charge is 2.35. The summed E-state index contributed by atoms with van der Waals surface area (Å²) >= 11 is 1.41. The van der Waals surface area contributed by atoms with Gasteiger partial charge in [0.25, 0.3) is 11.8 Å². The van der Waals surface area contributed by atoms with Gasteiger partial charge in [-0.2, -0.15) is 0 Å². The van der Waals surface area contributed by atoms with Gasteiger partial charge in [-0.05, 0) is 55.7 Å².